The molecule has 0 saturated carbocycles. The number of hydrogen-bond donors (Lipinski definition) is 0. The van der Waals surface area contributed by atoms with Crippen LogP contribution in [0.2, 0.25) is 0 Å². The highest BCUT2D eigenvalue weighted by Crippen LogP contribution is 2.33. The van der Waals surface area contributed by atoms with Gasteiger partial charge in [-0.25, -0.2) is 0 Å². The van der Waals surface area contributed by atoms with Crippen LogP contribution in [0.4, 0.5) is 0 Å². The molecule has 0 fully saturated rings. The standard InChI is InChI=1S/C18H18.C2H6/c1-3-13-15-9-5-7-11-17(15)14(4-2)18-12-8-6-10-16(13)18;1-2/h5-12H,3-4H2,1-2H3;1-2H3. The molecule has 3 aromatic carbocycles. The van der Waals surface area contributed by atoms with E-state index in [1.807, 2.05) is 13.8 Å². The van der Waals surface area contributed by atoms with Crippen molar-refractivity contribution in [3.05, 3.63) is 59.7 Å². The van der Waals surface area contributed by atoms with Crippen LogP contribution in [-0.2, 0) is 12.8 Å². The largest absolute Gasteiger partial charge is 0.0683 e. The van der Waals surface area contributed by atoms with Crippen molar-refractivity contribution in [3.8, 4) is 0 Å². The molecule has 0 amide bonds. The van der Waals surface area contributed by atoms with Crippen molar-refractivity contribution in [2.45, 2.75) is 40.5 Å². The number of aryl methyl sites for hydroxylation is 2. The first-order valence-corrected chi connectivity index (χ1v) is 7.78. The molecule has 0 heterocycles. The number of rotatable bonds is 2. The first-order chi connectivity index (χ1) is 9.86. The molecule has 0 spiro atoms. The molecule has 0 nitrogen and oxygen atoms in total. The Bertz CT molecular complexity index is 589. The maximum Gasteiger partial charge on any atom is -0.0143 e. The van der Waals surface area contributed by atoms with Crippen LogP contribution >= 0.6 is 0 Å². The van der Waals surface area contributed by atoms with E-state index in [-0.39, 0.29) is 0 Å². The summed E-state index contributed by atoms with van der Waals surface area (Å²) >= 11 is 0. The van der Waals surface area contributed by atoms with E-state index in [9.17, 15) is 0 Å². The summed E-state index contributed by atoms with van der Waals surface area (Å²) in [6.45, 7) is 8.50. The summed E-state index contributed by atoms with van der Waals surface area (Å²) in [5.74, 6) is 0. The van der Waals surface area contributed by atoms with Crippen LogP contribution in [0.5, 0.6) is 0 Å². The molecule has 3 aromatic rings. The van der Waals surface area contributed by atoms with E-state index < -0.39 is 0 Å². The van der Waals surface area contributed by atoms with Crippen LogP contribution < -0.4 is 0 Å². The van der Waals surface area contributed by atoms with Gasteiger partial charge in [-0.2, -0.15) is 0 Å². The van der Waals surface area contributed by atoms with E-state index in [1.54, 1.807) is 0 Å². The summed E-state index contributed by atoms with van der Waals surface area (Å²) in [5.41, 5.74) is 2.97. The minimum Gasteiger partial charge on any atom is -0.0683 e. The molecule has 0 saturated heterocycles. The summed E-state index contributed by atoms with van der Waals surface area (Å²) in [7, 11) is 0. The van der Waals surface area contributed by atoms with E-state index in [0.717, 1.165) is 12.8 Å². The molecule has 0 aromatic heterocycles. The predicted octanol–water partition coefficient (Wildman–Crippen LogP) is 6.14. The second-order valence-corrected chi connectivity index (χ2v) is 4.76. The Morgan fingerprint density at radius 1 is 0.550 bits per heavy atom. The van der Waals surface area contributed by atoms with Crippen LogP contribution in [0.3, 0.4) is 0 Å². The average molecular weight is 264 g/mol. The Labute approximate surface area is 122 Å². The Balaban J connectivity index is 0.000000704. The van der Waals surface area contributed by atoms with Gasteiger partial charge in [-0.15, -0.1) is 0 Å². The maximum atomic E-state index is 2.26. The predicted molar refractivity (Wildman–Crippen MR) is 91.6 cm³/mol. The number of benzene rings is 3. The molecular formula is C20H24. The monoisotopic (exact) mass is 264 g/mol. The average Bonchev–Trinajstić information content (AvgIpc) is 2.54. The van der Waals surface area contributed by atoms with Crippen molar-refractivity contribution < 1.29 is 0 Å². The van der Waals surface area contributed by atoms with Crippen LogP contribution in [0.1, 0.15) is 38.8 Å². The van der Waals surface area contributed by atoms with Crippen molar-refractivity contribution in [1.29, 1.82) is 0 Å². The topological polar surface area (TPSA) is 0 Å². The van der Waals surface area contributed by atoms with E-state index >= 15 is 0 Å². The summed E-state index contributed by atoms with van der Waals surface area (Å²) in [6, 6.07) is 17.6. The molecule has 0 radical (unpaired) electrons. The molecule has 0 atom stereocenters. The third-order valence-electron chi connectivity index (χ3n) is 3.86. The van der Waals surface area contributed by atoms with Gasteiger partial charge in [0.05, 0.1) is 0 Å². The lowest BCUT2D eigenvalue weighted by atomic mass is 9.90. The highest BCUT2D eigenvalue weighted by molar-refractivity contribution is 6.05. The minimum absolute atomic E-state index is 1.09. The minimum atomic E-state index is 1.09. The zero-order valence-corrected chi connectivity index (χ0v) is 13.0. The van der Waals surface area contributed by atoms with Crippen LogP contribution in [0, 0.1) is 0 Å². The van der Waals surface area contributed by atoms with E-state index in [4.69, 9.17) is 0 Å². The van der Waals surface area contributed by atoms with Crippen molar-refractivity contribution in [3.63, 3.8) is 0 Å². The number of fused-ring (bicyclic) bond motifs is 2. The summed E-state index contributed by atoms with van der Waals surface area (Å²) in [4.78, 5) is 0. The second kappa shape index (κ2) is 6.56. The van der Waals surface area contributed by atoms with Crippen molar-refractivity contribution in [1.82, 2.24) is 0 Å². The molecule has 0 heteroatoms. The normalized spacial score (nSPS) is 10.4. The third-order valence-corrected chi connectivity index (χ3v) is 3.86. The zero-order valence-electron chi connectivity index (χ0n) is 13.0. The van der Waals surface area contributed by atoms with Gasteiger partial charge in [-0.3, -0.25) is 0 Å². The van der Waals surface area contributed by atoms with Crippen molar-refractivity contribution in [2.24, 2.45) is 0 Å². The first kappa shape index (κ1) is 14.6. The van der Waals surface area contributed by atoms with Gasteiger partial charge in [0.15, 0.2) is 0 Å². The molecule has 0 unspecified atom stereocenters. The molecule has 0 N–H and O–H groups in total. The lowest BCUT2D eigenvalue weighted by Gasteiger charge is -2.14. The van der Waals surface area contributed by atoms with Crippen LogP contribution in [-0.4, -0.2) is 0 Å². The first-order valence-electron chi connectivity index (χ1n) is 7.78. The Kier molecular flexibility index (Phi) is 4.79. The lowest BCUT2D eigenvalue weighted by Crippen LogP contribution is -1.93. The second-order valence-electron chi connectivity index (χ2n) is 4.76. The molecule has 0 aliphatic carbocycles. The molecule has 0 aliphatic rings. The van der Waals surface area contributed by atoms with Gasteiger partial charge in [-0.1, -0.05) is 76.2 Å². The quantitative estimate of drug-likeness (QED) is 0.487. The summed E-state index contributed by atoms with van der Waals surface area (Å²) in [6.07, 6.45) is 2.18. The van der Waals surface area contributed by atoms with Gasteiger partial charge < -0.3 is 0 Å². The molecule has 104 valence electrons. The van der Waals surface area contributed by atoms with Crippen LogP contribution in [0.25, 0.3) is 21.5 Å². The Hall–Kier alpha value is -1.82. The van der Waals surface area contributed by atoms with E-state index in [0.29, 0.717) is 0 Å². The highest BCUT2D eigenvalue weighted by atomic mass is 14.1. The molecular weight excluding hydrogens is 240 g/mol. The zero-order chi connectivity index (χ0) is 14.5. The Morgan fingerprint density at radius 2 is 0.800 bits per heavy atom. The molecule has 0 bridgehead atoms. The van der Waals surface area contributed by atoms with Gasteiger partial charge >= 0.3 is 0 Å². The van der Waals surface area contributed by atoms with E-state index in [2.05, 4.69) is 62.4 Å². The van der Waals surface area contributed by atoms with Gasteiger partial charge in [0.2, 0.25) is 0 Å². The van der Waals surface area contributed by atoms with Crippen LogP contribution in [0.15, 0.2) is 48.5 Å². The van der Waals surface area contributed by atoms with Gasteiger partial charge in [0.1, 0.15) is 0 Å². The van der Waals surface area contributed by atoms with Gasteiger partial charge in [0, 0.05) is 0 Å². The van der Waals surface area contributed by atoms with Gasteiger partial charge in [0.25, 0.3) is 0 Å². The SMILES string of the molecule is CC.CCc1c2ccccc2c(CC)c2ccccc12. The maximum absolute atomic E-state index is 2.26. The fraction of sp³-hybridized carbons (Fsp3) is 0.300. The van der Waals surface area contributed by atoms with Crippen molar-refractivity contribution >= 4 is 21.5 Å². The summed E-state index contributed by atoms with van der Waals surface area (Å²) < 4.78 is 0. The lowest BCUT2D eigenvalue weighted by molar-refractivity contribution is 1.15. The smallest absolute Gasteiger partial charge is 0.0143 e. The molecule has 20 heavy (non-hydrogen) atoms. The van der Waals surface area contributed by atoms with E-state index in [1.165, 1.54) is 32.7 Å². The fourth-order valence-electron chi connectivity index (χ4n) is 3.07. The summed E-state index contributed by atoms with van der Waals surface area (Å²) in [5, 5.41) is 5.71. The molecule has 3 rings (SSSR count). The third kappa shape index (κ3) is 2.31. The van der Waals surface area contributed by atoms with Crippen molar-refractivity contribution in [2.75, 3.05) is 0 Å². The Morgan fingerprint density at radius 3 is 1.00 bits per heavy atom. The molecule has 0 aliphatic heterocycles. The van der Waals surface area contributed by atoms with Gasteiger partial charge in [-0.05, 0) is 45.5 Å². The fourth-order valence-corrected chi connectivity index (χ4v) is 3.07. The highest BCUT2D eigenvalue weighted by Gasteiger charge is 2.10. The number of hydrogen-bond acceptors (Lipinski definition) is 0.